The van der Waals surface area contributed by atoms with Gasteiger partial charge in [-0.15, -0.1) is 0 Å². The Labute approximate surface area is 113 Å². The van der Waals surface area contributed by atoms with E-state index in [1.807, 2.05) is 0 Å². The second-order valence-electron chi connectivity index (χ2n) is 4.45. The summed E-state index contributed by atoms with van der Waals surface area (Å²) in [6.07, 6.45) is 1.04. The fraction of sp³-hybridized carbons (Fsp3) is 0.750. The van der Waals surface area contributed by atoms with Gasteiger partial charge < -0.3 is 21.1 Å². The Morgan fingerprint density at radius 2 is 2.00 bits per heavy atom. The van der Waals surface area contributed by atoms with E-state index in [0.29, 0.717) is 19.4 Å². The van der Waals surface area contributed by atoms with Crippen molar-refractivity contribution in [3.8, 4) is 0 Å². The molecule has 0 saturated heterocycles. The van der Waals surface area contributed by atoms with E-state index in [1.54, 1.807) is 20.8 Å². The van der Waals surface area contributed by atoms with Crippen LogP contribution in [0.4, 0.5) is 0 Å². The quantitative estimate of drug-likeness (QED) is 0.214. The van der Waals surface area contributed by atoms with Crippen LogP contribution in [0.15, 0.2) is 0 Å². The van der Waals surface area contributed by atoms with E-state index in [1.165, 1.54) is 0 Å². The van der Waals surface area contributed by atoms with Crippen molar-refractivity contribution in [1.82, 2.24) is 10.6 Å². The van der Waals surface area contributed by atoms with Gasteiger partial charge in [-0.2, -0.15) is 0 Å². The smallest absolute Gasteiger partial charge is 0.328 e. The third kappa shape index (κ3) is 8.01. The van der Waals surface area contributed by atoms with E-state index in [2.05, 4.69) is 10.6 Å². The maximum absolute atomic E-state index is 11.7. The Kier molecular flexibility index (Phi) is 8.32. The van der Waals surface area contributed by atoms with Crippen LogP contribution >= 0.6 is 0 Å². The molecule has 0 saturated carbocycles. The van der Waals surface area contributed by atoms with Gasteiger partial charge in [-0.3, -0.25) is 10.2 Å². The minimum Gasteiger partial charge on any atom is -0.464 e. The van der Waals surface area contributed by atoms with E-state index in [4.69, 9.17) is 15.9 Å². The molecule has 0 rings (SSSR count). The summed E-state index contributed by atoms with van der Waals surface area (Å²) in [5.74, 6) is -0.914. The molecule has 110 valence electrons. The summed E-state index contributed by atoms with van der Waals surface area (Å²) < 4.78 is 4.92. The Hall–Kier alpha value is -1.79. The third-order valence-electron chi connectivity index (χ3n) is 2.40. The Bertz CT molecular complexity index is 318. The molecule has 0 aliphatic carbocycles. The van der Waals surface area contributed by atoms with Gasteiger partial charge in [0.2, 0.25) is 5.91 Å². The Morgan fingerprint density at radius 1 is 1.37 bits per heavy atom. The predicted octanol–water partition coefficient (Wildman–Crippen LogP) is -0.0464. The van der Waals surface area contributed by atoms with Gasteiger partial charge in [0.25, 0.3) is 0 Å². The lowest BCUT2D eigenvalue weighted by Gasteiger charge is -2.18. The minimum absolute atomic E-state index is 0.112. The number of rotatable bonds is 8. The van der Waals surface area contributed by atoms with E-state index < -0.39 is 12.0 Å². The molecular weight excluding hydrogens is 248 g/mol. The van der Waals surface area contributed by atoms with Gasteiger partial charge >= 0.3 is 5.97 Å². The van der Waals surface area contributed by atoms with Crippen LogP contribution < -0.4 is 16.4 Å². The zero-order valence-corrected chi connectivity index (χ0v) is 11.8. The average Bonchev–Trinajstić information content (AvgIpc) is 2.32. The molecule has 1 amide bonds. The van der Waals surface area contributed by atoms with Crippen LogP contribution in [-0.2, 0) is 14.3 Å². The molecule has 19 heavy (non-hydrogen) atoms. The number of carbonyl (C=O) groups is 2. The SMILES string of the molecule is CCOC(=O)C(CCCNC(=N)N)NC(=O)C(C)C. The first kappa shape index (κ1) is 17.2. The summed E-state index contributed by atoms with van der Waals surface area (Å²) in [5.41, 5.74) is 5.15. The maximum atomic E-state index is 11.7. The molecule has 0 bridgehead atoms. The number of carbonyl (C=O) groups excluding carboxylic acids is 2. The molecule has 0 aliphatic rings. The van der Waals surface area contributed by atoms with Gasteiger partial charge in [-0.1, -0.05) is 13.8 Å². The molecule has 0 spiro atoms. The highest BCUT2D eigenvalue weighted by Crippen LogP contribution is 2.02. The van der Waals surface area contributed by atoms with Crippen LogP contribution in [0.25, 0.3) is 0 Å². The molecule has 0 radical (unpaired) electrons. The lowest BCUT2D eigenvalue weighted by atomic mass is 10.1. The molecule has 1 unspecified atom stereocenters. The van der Waals surface area contributed by atoms with Crippen molar-refractivity contribution >= 4 is 17.8 Å². The van der Waals surface area contributed by atoms with Crippen molar-refractivity contribution in [3.05, 3.63) is 0 Å². The highest BCUT2D eigenvalue weighted by atomic mass is 16.5. The number of esters is 1. The highest BCUT2D eigenvalue weighted by molar-refractivity contribution is 5.85. The first-order valence-corrected chi connectivity index (χ1v) is 6.43. The monoisotopic (exact) mass is 272 g/mol. The first-order chi connectivity index (χ1) is 8.88. The molecule has 1 atom stereocenters. The first-order valence-electron chi connectivity index (χ1n) is 6.43. The molecule has 0 aromatic rings. The van der Waals surface area contributed by atoms with Gasteiger partial charge in [0.1, 0.15) is 6.04 Å². The minimum atomic E-state index is -0.649. The molecule has 0 aromatic heterocycles. The zero-order valence-electron chi connectivity index (χ0n) is 11.8. The number of hydrogen-bond acceptors (Lipinski definition) is 4. The van der Waals surface area contributed by atoms with E-state index in [-0.39, 0.29) is 24.4 Å². The second-order valence-corrected chi connectivity index (χ2v) is 4.45. The summed E-state index contributed by atoms with van der Waals surface area (Å²) in [7, 11) is 0. The molecule has 0 heterocycles. The number of amides is 1. The van der Waals surface area contributed by atoms with Crippen molar-refractivity contribution in [2.75, 3.05) is 13.2 Å². The van der Waals surface area contributed by atoms with E-state index >= 15 is 0 Å². The Morgan fingerprint density at radius 3 is 2.47 bits per heavy atom. The average molecular weight is 272 g/mol. The van der Waals surface area contributed by atoms with Gasteiger partial charge in [-0.25, -0.2) is 4.79 Å². The van der Waals surface area contributed by atoms with Gasteiger partial charge in [-0.05, 0) is 19.8 Å². The van der Waals surface area contributed by atoms with Crippen molar-refractivity contribution in [2.24, 2.45) is 11.7 Å². The lowest BCUT2D eigenvalue weighted by Crippen LogP contribution is -2.44. The lowest BCUT2D eigenvalue weighted by molar-refractivity contribution is -0.148. The molecule has 0 fully saturated rings. The van der Waals surface area contributed by atoms with Crippen LogP contribution in [0.5, 0.6) is 0 Å². The van der Waals surface area contributed by atoms with Crippen molar-refractivity contribution in [2.45, 2.75) is 39.7 Å². The zero-order chi connectivity index (χ0) is 14.8. The van der Waals surface area contributed by atoms with Crippen LogP contribution in [-0.4, -0.2) is 37.0 Å². The van der Waals surface area contributed by atoms with Crippen molar-refractivity contribution in [1.29, 1.82) is 5.41 Å². The maximum Gasteiger partial charge on any atom is 0.328 e. The van der Waals surface area contributed by atoms with E-state index in [0.717, 1.165) is 0 Å². The third-order valence-corrected chi connectivity index (χ3v) is 2.40. The largest absolute Gasteiger partial charge is 0.464 e. The van der Waals surface area contributed by atoms with Crippen LogP contribution in [0, 0.1) is 11.3 Å². The molecule has 7 heteroatoms. The fourth-order valence-electron chi connectivity index (χ4n) is 1.36. The van der Waals surface area contributed by atoms with Crippen molar-refractivity contribution in [3.63, 3.8) is 0 Å². The summed E-state index contributed by atoms with van der Waals surface area (Å²) in [6, 6.07) is -0.649. The molecule has 0 aliphatic heterocycles. The predicted molar refractivity (Wildman–Crippen MR) is 72.6 cm³/mol. The summed E-state index contributed by atoms with van der Waals surface area (Å²) >= 11 is 0. The Balaban J connectivity index is 4.29. The van der Waals surface area contributed by atoms with Gasteiger partial charge in [0, 0.05) is 12.5 Å². The van der Waals surface area contributed by atoms with E-state index in [9.17, 15) is 9.59 Å². The van der Waals surface area contributed by atoms with Crippen LogP contribution in [0.3, 0.4) is 0 Å². The number of nitrogens with one attached hydrogen (secondary N) is 3. The van der Waals surface area contributed by atoms with Crippen LogP contribution in [0.1, 0.15) is 33.6 Å². The van der Waals surface area contributed by atoms with Gasteiger partial charge in [0.15, 0.2) is 5.96 Å². The summed E-state index contributed by atoms with van der Waals surface area (Å²) in [4.78, 5) is 23.3. The topological polar surface area (TPSA) is 117 Å². The number of nitrogens with two attached hydrogens (primary N) is 1. The summed E-state index contributed by atoms with van der Waals surface area (Å²) in [5, 5.41) is 12.3. The molecule has 5 N–H and O–H groups in total. The number of ether oxygens (including phenoxy) is 1. The fourth-order valence-corrected chi connectivity index (χ4v) is 1.36. The molecule has 7 nitrogen and oxygen atoms in total. The van der Waals surface area contributed by atoms with Gasteiger partial charge in [0.05, 0.1) is 6.61 Å². The molecule has 0 aromatic carbocycles. The number of guanidine groups is 1. The summed E-state index contributed by atoms with van der Waals surface area (Å²) in [6.45, 7) is 5.99. The van der Waals surface area contributed by atoms with Crippen molar-refractivity contribution < 1.29 is 14.3 Å². The number of hydrogen-bond donors (Lipinski definition) is 4. The normalized spacial score (nSPS) is 11.8. The standard InChI is InChI=1S/C12H24N4O3/c1-4-19-11(18)9(16-10(17)8(2)3)6-5-7-15-12(13)14/h8-9H,4-7H2,1-3H3,(H,16,17)(H4,13,14,15). The van der Waals surface area contributed by atoms with Crippen LogP contribution in [0.2, 0.25) is 0 Å². The molecular formula is C12H24N4O3. The highest BCUT2D eigenvalue weighted by Gasteiger charge is 2.22. The second kappa shape index (κ2) is 9.18.